The largest absolute Gasteiger partial charge is 0.462 e. The average Bonchev–Trinajstić information content (AvgIpc) is 3.66. The van der Waals surface area contributed by atoms with E-state index >= 15 is 0 Å². The Labute approximate surface area is 265 Å². The Morgan fingerprint density at radius 1 is 1.02 bits per heavy atom. The van der Waals surface area contributed by atoms with Crippen molar-refractivity contribution in [2.45, 2.75) is 74.8 Å². The number of amides is 1. The fourth-order valence-electron chi connectivity index (χ4n) is 7.46. The Bertz CT molecular complexity index is 1480. The van der Waals surface area contributed by atoms with Crippen molar-refractivity contribution in [1.29, 1.82) is 0 Å². The number of nitrogens with two attached hydrogens (primary N) is 1. The lowest BCUT2D eigenvalue weighted by Crippen LogP contribution is -2.43. The number of ether oxygens (including phenoxy) is 3. The predicted molar refractivity (Wildman–Crippen MR) is 165 cm³/mol. The first-order valence-electron chi connectivity index (χ1n) is 16.0. The normalized spacial score (nSPS) is 27.8. The molecule has 1 amide bonds. The fraction of sp³-hybridized carbons (Fsp3) is 0.588. The molecule has 2 saturated carbocycles. The molecular weight excluding hydrogens is 596 g/mol. The zero-order chi connectivity index (χ0) is 31.9. The van der Waals surface area contributed by atoms with E-state index in [-0.39, 0.29) is 60.5 Å². The number of hydrogen-bond acceptors (Lipinski definition) is 8. The van der Waals surface area contributed by atoms with Gasteiger partial charge in [-0.2, -0.15) is 4.31 Å². The molecule has 244 valence electrons. The summed E-state index contributed by atoms with van der Waals surface area (Å²) in [6.07, 6.45) is 0.898. The van der Waals surface area contributed by atoms with E-state index in [9.17, 15) is 23.1 Å². The lowest BCUT2D eigenvalue weighted by molar-refractivity contribution is -0.178. The Kier molecular flexibility index (Phi) is 9.11. The first-order chi connectivity index (χ1) is 21.5. The van der Waals surface area contributed by atoms with Crippen molar-refractivity contribution in [3.8, 4) is 0 Å². The SMILES string of the molecule is CC(C)CN(C[C@@H](O)[C@@H](CC(=O)OC1C2COC3OCC1C3C2)Cc1ccccc1)S(=O)(=O)c1ccc(C2(C(N)=O)CC2)cc1. The summed E-state index contributed by atoms with van der Waals surface area (Å²) in [7, 11) is -4.01. The van der Waals surface area contributed by atoms with Crippen LogP contribution in [0.3, 0.4) is 0 Å². The minimum Gasteiger partial charge on any atom is -0.462 e. The van der Waals surface area contributed by atoms with Gasteiger partial charge in [0.25, 0.3) is 0 Å². The van der Waals surface area contributed by atoms with Crippen molar-refractivity contribution in [2.75, 3.05) is 26.3 Å². The van der Waals surface area contributed by atoms with E-state index in [1.165, 1.54) is 16.4 Å². The smallest absolute Gasteiger partial charge is 0.306 e. The van der Waals surface area contributed by atoms with Gasteiger partial charge in [0.2, 0.25) is 15.9 Å². The van der Waals surface area contributed by atoms with E-state index in [2.05, 4.69) is 0 Å². The van der Waals surface area contributed by atoms with E-state index in [0.717, 1.165) is 12.0 Å². The molecule has 2 aliphatic heterocycles. The van der Waals surface area contributed by atoms with Gasteiger partial charge in [0.15, 0.2) is 6.29 Å². The number of aliphatic hydroxyl groups excluding tert-OH is 1. The van der Waals surface area contributed by atoms with Crippen molar-refractivity contribution in [3.63, 3.8) is 0 Å². The molecule has 2 bridgehead atoms. The summed E-state index contributed by atoms with van der Waals surface area (Å²) in [5, 5.41) is 11.6. The van der Waals surface area contributed by atoms with Gasteiger partial charge in [-0.3, -0.25) is 9.59 Å². The van der Waals surface area contributed by atoms with Crippen molar-refractivity contribution in [2.24, 2.45) is 35.3 Å². The molecule has 7 atom stereocenters. The van der Waals surface area contributed by atoms with Crippen LogP contribution >= 0.6 is 0 Å². The summed E-state index contributed by atoms with van der Waals surface area (Å²) in [5.74, 6) is -0.931. The number of primary amides is 1. The van der Waals surface area contributed by atoms with Gasteiger partial charge in [-0.05, 0) is 54.9 Å². The molecule has 4 aliphatic rings. The second kappa shape index (κ2) is 12.8. The number of benzene rings is 2. The molecule has 4 fully saturated rings. The van der Waals surface area contributed by atoms with E-state index < -0.39 is 39.3 Å². The summed E-state index contributed by atoms with van der Waals surface area (Å²) in [5.41, 5.74) is 6.54. The molecule has 2 aromatic rings. The van der Waals surface area contributed by atoms with Crippen molar-refractivity contribution < 1.29 is 37.3 Å². The fourth-order valence-corrected chi connectivity index (χ4v) is 9.08. The van der Waals surface area contributed by atoms with Crippen LogP contribution in [-0.4, -0.2) is 74.5 Å². The maximum Gasteiger partial charge on any atom is 0.306 e. The van der Waals surface area contributed by atoms with Crippen LogP contribution in [0.5, 0.6) is 0 Å². The monoisotopic (exact) mass is 640 g/mol. The highest BCUT2D eigenvalue weighted by atomic mass is 32.2. The topological polar surface area (TPSA) is 145 Å². The number of sulfonamides is 1. The number of carbonyl (C=O) groups is 2. The van der Waals surface area contributed by atoms with Crippen molar-refractivity contribution in [1.82, 2.24) is 4.31 Å². The first kappa shape index (κ1) is 32.1. The van der Waals surface area contributed by atoms with Crippen molar-refractivity contribution >= 4 is 21.9 Å². The van der Waals surface area contributed by atoms with Crippen LogP contribution in [0.15, 0.2) is 59.5 Å². The lowest BCUT2D eigenvalue weighted by Gasteiger charge is -2.31. The molecule has 11 heteroatoms. The molecule has 5 unspecified atom stereocenters. The number of rotatable bonds is 14. The van der Waals surface area contributed by atoms with Gasteiger partial charge >= 0.3 is 5.97 Å². The van der Waals surface area contributed by atoms with Crippen LogP contribution < -0.4 is 5.73 Å². The second-order valence-corrected chi connectivity index (χ2v) is 15.7. The standard InChI is InChI=1S/C34H44N2O8S/c1-21(2)17-36(45(40,41)26-10-8-25(9-11-26)34(12-13-34)33(35)39)18-29(37)23(14-22-6-4-3-5-7-22)16-30(38)44-31-24-15-27-28(31)20-43-32(27)42-19-24/h3-11,21,23-24,27-29,31-32,37H,12-20H2,1-2H3,(H2,35,39)/t23-,24?,27?,28?,29-,31?,32?/m1/s1. The van der Waals surface area contributed by atoms with Crippen LogP contribution in [0.4, 0.5) is 0 Å². The van der Waals surface area contributed by atoms with E-state index in [1.54, 1.807) is 12.1 Å². The summed E-state index contributed by atoms with van der Waals surface area (Å²) < 4.78 is 46.8. The molecule has 0 aromatic heterocycles. The highest BCUT2D eigenvalue weighted by molar-refractivity contribution is 7.89. The Morgan fingerprint density at radius 3 is 2.36 bits per heavy atom. The van der Waals surface area contributed by atoms with Crippen LogP contribution in [-0.2, 0) is 45.7 Å². The van der Waals surface area contributed by atoms with Gasteiger partial charge in [-0.25, -0.2) is 8.42 Å². The van der Waals surface area contributed by atoms with Gasteiger partial charge in [0.1, 0.15) is 6.10 Å². The molecule has 0 spiro atoms. The van der Waals surface area contributed by atoms with Crippen LogP contribution in [0.25, 0.3) is 0 Å². The number of hydrogen-bond donors (Lipinski definition) is 2. The minimum atomic E-state index is -4.01. The lowest BCUT2D eigenvalue weighted by atomic mass is 9.90. The Balaban J connectivity index is 1.19. The number of nitrogens with zero attached hydrogens (tertiary/aromatic N) is 1. The van der Waals surface area contributed by atoms with Crippen LogP contribution in [0.1, 0.15) is 50.7 Å². The number of carbonyl (C=O) groups excluding carboxylic acids is 2. The molecule has 0 radical (unpaired) electrons. The summed E-state index contributed by atoms with van der Waals surface area (Å²) in [6.45, 7) is 4.84. The van der Waals surface area contributed by atoms with Gasteiger partial charge < -0.3 is 25.1 Å². The van der Waals surface area contributed by atoms with Crippen LogP contribution in [0, 0.1) is 29.6 Å². The average molecular weight is 641 g/mol. The van der Waals surface area contributed by atoms with Gasteiger partial charge in [-0.1, -0.05) is 56.3 Å². The van der Waals surface area contributed by atoms with Crippen molar-refractivity contribution in [3.05, 3.63) is 65.7 Å². The number of esters is 1. The third-order valence-corrected chi connectivity index (χ3v) is 11.9. The molecule has 45 heavy (non-hydrogen) atoms. The zero-order valence-corrected chi connectivity index (χ0v) is 26.7. The molecule has 3 N–H and O–H groups in total. The Morgan fingerprint density at radius 2 is 1.71 bits per heavy atom. The summed E-state index contributed by atoms with van der Waals surface area (Å²) in [4.78, 5) is 25.5. The molecule has 2 heterocycles. The summed E-state index contributed by atoms with van der Waals surface area (Å²) >= 11 is 0. The highest BCUT2D eigenvalue weighted by Gasteiger charge is 2.56. The first-order valence-corrected chi connectivity index (χ1v) is 17.5. The highest BCUT2D eigenvalue weighted by Crippen LogP contribution is 2.50. The molecule has 2 aliphatic carbocycles. The maximum atomic E-state index is 13.9. The molecule has 6 rings (SSSR count). The van der Waals surface area contributed by atoms with E-state index in [0.29, 0.717) is 38.0 Å². The Hall–Kier alpha value is -2.83. The van der Waals surface area contributed by atoms with Gasteiger partial charge in [0, 0.05) is 36.8 Å². The quantitative estimate of drug-likeness (QED) is 0.300. The maximum absolute atomic E-state index is 13.9. The van der Waals surface area contributed by atoms with Gasteiger partial charge in [-0.15, -0.1) is 0 Å². The third-order valence-electron chi connectivity index (χ3n) is 10.1. The second-order valence-electron chi connectivity index (χ2n) is 13.7. The molecule has 10 nitrogen and oxygen atoms in total. The number of aliphatic hydroxyl groups is 1. The predicted octanol–water partition coefficient (Wildman–Crippen LogP) is 3.01. The molecular formula is C34H44N2O8S. The van der Waals surface area contributed by atoms with E-state index in [1.807, 2.05) is 44.2 Å². The van der Waals surface area contributed by atoms with Gasteiger partial charge in [0.05, 0.1) is 36.0 Å². The zero-order valence-electron chi connectivity index (χ0n) is 25.9. The van der Waals surface area contributed by atoms with Crippen LogP contribution in [0.2, 0.25) is 0 Å². The van der Waals surface area contributed by atoms with E-state index in [4.69, 9.17) is 19.9 Å². The molecule has 2 aromatic carbocycles. The number of fused-ring (bicyclic) bond motifs is 1. The molecule has 2 saturated heterocycles. The minimum absolute atomic E-state index is 0.0187. The summed E-state index contributed by atoms with van der Waals surface area (Å²) in [6, 6.07) is 15.9. The third kappa shape index (κ3) is 6.55.